The molecule has 1 aromatic carbocycles. The van der Waals surface area contributed by atoms with Gasteiger partial charge in [-0.05, 0) is 30.3 Å². The zero-order valence-electron chi connectivity index (χ0n) is 13.0. The van der Waals surface area contributed by atoms with Gasteiger partial charge in [0.05, 0.1) is 17.1 Å². The summed E-state index contributed by atoms with van der Waals surface area (Å²) in [6, 6.07) is 6.29. The van der Waals surface area contributed by atoms with E-state index in [1.54, 1.807) is 0 Å². The number of benzene rings is 1. The molecule has 2 aromatic heterocycles. The quantitative estimate of drug-likeness (QED) is 0.726. The molecule has 0 bridgehead atoms. The number of hydrogen-bond acceptors (Lipinski definition) is 5. The van der Waals surface area contributed by atoms with Crippen molar-refractivity contribution in [2.75, 3.05) is 0 Å². The first-order chi connectivity index (χ1) is 12.4. The van der Waals surface area contributed by atoms with Gasteiger partial charge in [0, 0.05) is 18.0 Å². The van der Waals surface area contributed by atoms with Gasteiger partial charge < -0.3 is 9.84 Å². The summed E-state index contributed by atoms with van der Waals surface area (Å²) in [6.07, 6.45) is 2.28. The van der Waals surface area contributed by atoms with Crippen LogP contribution in [-0.2, 0) is 11.2 Å². The number of aliphatic carboxylic acids is 1. The molecule has 132 valence electrons. The SMILES string of the molecule is O=C(O)Cc1ccnc(-c2ccc(Oc3ncc(Cl)cc3F)c(F)c2)n1. The van der Waals surface area contributed by atoms with Crippen LogP contribution in [0.25, 0.3) is 11.4 Å². The smallest absolute Gasteiger partial charge is 0.309 e. The van der Waals surface area contributed by atoms with Crippen molar-refractivity contribution < 1.29 is 23.4 Å². The lowest BCUT2D eigenvalue weighted by Gasteiger charge is -2.08. The molecule has 0 aliphatic heterocycles. The van der Waals surface area contributed by atoms with E-state index in [1.807, 2.05) is 0 Å². The predicted octanol–water partition coefficient (Wildman–Crippen LogP) is 3.89. The molecule has 3 aromatic rings. The number of carbonyl (C=O) groups is 1. The van der Waals surface area contributed by atoms with Crippen molar-refractivity contribution in [3.05, 3.63) is 65.1 Å². The van der Waals surface area contributed by atoms with Crippen LogP contribution in [0.2, 0.25) is 5.02 Å². The van der Waals surface area contributed by atoms with E-state index in [-0.39, 0.29) is 28.7 Å². The highest BCUT2D eigenvalue weighted by Gasteiger charge is 2.13. The third kappa shape index (κ3) is 4.09. The van der Waals surface area contributed by atoms with Gasteiger partial charge in [0.15, 0.2) is 23.2 Å². The molecule has 0 aliphatic carbocycles. The van der Waals surface area contributed by atoms with Crippen LogP contribution in [0, 0.1) is 11.6 Å². The number of hydrogen-bond donors (Lipinski definition) is 1. The third-order valence-corrected chi connectivity index (χ3v) is 3.42. The van der Waals surface area contributed by atoms with Crippen molar-refractivity contribution in [2.24, 2.45) is 0 Å². The van der Waals surface area contributed by atoms with E-state index in [0.717, 1.165) is 12.1 Å². The van der Waals surface area contributed by atoms with Crippen LogP contribution in [0.15, 0.2) is 42.7 Å². The van der Waals surface area contributed by atoms with Gasteiger partial charge in [0.25, 0.3) is 5.88 Å². The van der Waals surface area contributed by atoms with E-state index in [2.05, 4.69) is 15.0 Å². The second-order valence-corrected chi connectivity index (χ2v) is 5.57. The fourth-order valence-corrected chi connectivity index (χ4v) is 2.24. The van der Waals surface area contributed by atoms with Gasteiger partial charge in [0.2, 0.25) is 0 Å². The fraction of sp³-hybridized carbons (Fsp3) is 0.0588. The Hall–Kier alpha value is -3.13. The van der Waals surface area contributed by atoms with E-state index in [9.17, 15) is 13.6 Å². The van der Waals surface area contributed by atoms with Gasteiger partial charge in [-0.15, -0.1) is 0 Å². The summed E-state index contributed by atoms with van der Waals surface area (Å²) in [6.45, 7) is 0. The Bertz CT molecular complexity index is 985. The van der Waals surface area contributed by atoms with Crippen LogP contribution >= 0.6 is 11.6 Å². The molecular weight excluding hydrogens is 368 g/mol. The Morgan fingerprint density at radius 1 is 1.15 bits per heavy atom. The van der Waals surface area contributed by atoms with Crippen LogP contribution in [0.4, 0.5) is 8.78 Å². The van der Waals surface area contributed by atoms with Crippen LogP contribution in [0.3, 0.4) is 0 Å². The second-order valence-electron chi connectivity index (χ2n) is 5.13. The Labute approximate surface area is 151 Å². The van der Waals surface area contributed by atoms with Crippen molar-refractivity contribution >= 4 is 17.6 Å². The lowest BCUT2D eigenvalue weighted by molar-refractivity contribution is -0.136. The summed E-state index contributed by atoms with van der Waals surface area (Å²) in [7, 11) is 0. The maximum atomic E-state index is 14.3. The molecule has 0 saturated heterocycles. The average Bonchev–Trinajstić information content (AvgIpc) is 2.58. The molecule has 0 fully saturated rings. The maximum absolute atomic E-state index is 14.3. The third-order valence-electron chi connectivity index (χ3n) is 3.22. The number of carboxylic acids is 1. The van der Waals surface area contributed by atoms with Gasteiger partial charge >= 0.3 is 5.97 Å². The summed E-state index contributed by atoms with van der Waals surface area (Å²) in [5.41, 5.74) is 0.599. The van der Waals surface area contributed by atoms with Gasteiger partial charge in [-0.1, -0.05) is 11.6 Å². The molecule has 6 nitrogen and oxygen atoms in total. The van der Waals surface area contributed by atoms with Crippen LogP contribution in [0.5, 0.6) is 11.6 Å². The van der Waals surface area contributed by atoms with Crippen molar-refractivity contribution in [2.45, 2.75) is 6.42 Å². The van der Waals surface area contributed by atoms with Crippen LogP contribution < -0.4 is 4.74 Å². The van der Waals surface area contributed by atoms with E-state index in [4.69, 9.17) is 21.4 Å². The summed E-state index contributed by atoms with van der Waals surface area (Å²) in [4.78, 5) is 22.5. The Kier molecular flexibility index (Phi) is 5.04. The number of rotatable bonds is 5. The van der Waals surface area contributed by atoms with Gasteiger partial charge in [-0.3, -0.25) is 4.79 Å². The molecule has 0 spiro atoms. The Morgan fingerprint density at radius 3 is 2.65 bits per heavy atom. The Balaban J connectivity index is 1.87. The average molecular weight is 378 g/mol. The highest BCUT2D eigenvalue weighted by molar-refractivity contribution is 6.30. The van der Waals surface area contributed by atoms with E-state index >= 15 is 0 Å². The normalized spacial score (nSPS) is 10.6. The molecule has 0 radical (unpaired) electrons. The minimum atomic E-state index is -1.04. The topological polar surface area (TPSA) is 85.2 Å². The molecule has 0 saturated carbocycles. The highest BCUT2D eigenvalue weighted by Crippen LogP contribution is 2.29. The number of halogens is 3. The number of ether oxygens (including phenoxy) is 1. The molecule has 0 atom stereocenters. The van der Waals surface area contributed by atoms with E-state index < -0.39 is 23.5 Å². The van der Waals surface area contributed by atoms with E-state index in [1.165, 1.54) is 30.6 Å². The lowest BCUT2D eigenvalue weighted by Crippen LogP contribution is -2.03. The number of nitrogens with zero attached hydrogens (tertiary/aromatic N) is 3. The molecule has 26 heavy (non-hydrogen) atoms. The van der Waals surface area contributed by atoms with Crippen molar-refractivity contribution in [1.29, 1.82) is 0 Å². The number of aromatic nitrogens is 3. The molecule has 0 amide bonds. The van der Waals surface area contributed by atoms with Crippen LogP contribution in [0.1, 0.15) is 5.69 Å². The monoisotopic (exact) mass is 377 g/mol. The maximum Gasteiger partial charge on any atom is 0.309 e. The fourth-order valence-electron chi connectivity index (χ4n) is 2.09. The molecule has 9 heteroatoms. The minimum Gasteiger partial charge on any atom is -0.481 e. The summed E-state index contributed by atoms with van der Waals surface area (Å²) in [5, 5.41) is 8.89. The predicted molar refractivity (Wildman–Crippen MR) is 88.0 cm³/mol. The van der Waals surface area contributed by atoms with Gasteiger partial charge in [-0.2, -0.15) is 0 Å². The summed E-state index contributed by atoms with van der Waals surface area (Å²) >= 11 is 5.60. The van der Waals surface area contributed by atoms with Gasteiger partial charge in [0.1, 0.15) is 0 Å². The minimum absolute atomic E-state index is 0.0871. The zero-order valence-corrected chi connectivity index (χ0v) is 13.7. The van der Waals surface area contributed by atoms with Crippen LogP contribution in [-0.4, -0.2) is 26.0 Å². The highest BCUT2D eigenvalue weighted by atomic mass is 35.5. The number of carboxylic acid groups (broad SMARTS) is 1. The zero-order chi connectivity index (χ0) is 18.7. The first kappa shape index (κ1) is 17.7. The second kappa shape index (κ2) is 7.40. The van der Waals surface area contributed by atoms with E-state index in [0.29, 0.717) is 5.56 Å². The number of pyridine rings is 1. The molecule has 3 rings (SSSR count). The molecule has 2 heterocycles. The Morgan fingerprint density at radius 2 is 1.96 bits per heavy atom. The van der Waals surface area contributed by atoms with Crippen molar-refractivity contribution in [1.82, 2.24) is 15.0 Å². The summed E-state index contributed by atoms with van der Waals surface area (Å²) in [5.74, 6) is -3.16. The first-order valence-corrected chi connectivity index (χ1v) is 7.62. The van der Waals surface area contributed by atoms with Gasteiger partial charge in [-0.25, -0.2) is 23.7 Å². The summed E-state index contributed by atoms with van der Waals surface area (Å²) < 4.78 is 33.1. The standard InChI is InChI=1S/C17H10ClF2N3O3/c18-10-6-13(20)17(22-8-10)26-14-2-1-9(5-12(14)19)16-21-4-3-11(23-16)7-15(24)25/h1-6,8H,7H2,(H,24,25). The van der Waals surface area contributed by atoms with Crippen molar-refractivity contribution in [3.8, 4) is 23.0 Å². The molecule has 0 aliphatic rings. The lowest BCUT2D eigenvalue weighted by atomic mass is 10.2. The molecule has 1 N–H and O–H groups in total. The molecular formula is C17H10ClF2N3O3. The van der Waals surface area contributed by atoms with Crippen molar-refractivity contribution in [3.63, 3.8) is 0 Å². The largest absolute Gasteiger partial charge is 0.481 e. The molecule has 0 unspecified atom stereocenters. The first-order valence-electron chi connectivity index (χ1n) is 7.25.